The van der Waals surface area contributed by atoms with Crippen LogP contribution in [0.3, 0.4) is 0 Å². The molecule has 1 unspecified atom stereocenters. The van der Waals surface area contributed by atoms with Crippen molar-refractivity contribution in [2.45, 2.75) is 19.1 Å². The number of carbonyl (C=O) groups excluding carboxylic acids is 1. The van der Waals surface area contributed by atoms with E-state index < -0.39 is 11.7 Å². The molecule has 1 atom stereocenters. The first kappa shape index (κ1) is 17.7. The highest BCUT2D eigenvalue weighted by Gasteiger charge is 2.30. The Morgan fingerprint density at radius 1 is 1.15 bits per heavy atom. The summed E-state index contributed by atoms with van der Waals surface area (Å²) in [4.78, 5) is 16.0. The topological polar surface area (TPSA) is 59.8 Å². The first-order valence-electron chi connectivity index (χ1n) is 7.78. The Kier molecular flexibility index (Phi) is 4.75. The fourth-order valence-corrected chi connectivity index (χ4v) is 2.41. The van der Waals surface area contributed by atoms with Crippen LogP contribution in [-0.2, 0) is 6.18 Å². The number of aromatic nitrogens is 3. The molecular weight excluding hydrogens is 345 g/mol. The molecule has 8 heteroatoms. The van der Waals surface area contributed by atoms with Crippen molar-refractivity contribution in [2.24, 2.45) is 0 Å². The van der Waals surface area contributed by atoms with Gasteiger partial charge in [-0.25, -0.2) is 0 Å². The molecule has 0 radical (unpaired) electrons. The van der Waals surface area contributed by atoms with E-state index in [0.29, 0.717) is 11.3 Å². The number of halogens is 3. The molecule has 5 nitrogen and oxygen atoms in total. The minimum atomic E-state index is -4.36. The molecular formula is C18H15F3N4O. The van der Waals surface area contributed by atoms with Gasteiger partial charge in [0.05, 0.1) is 23.5 Å². The molecule has 0 aliphatic heterocycles. The lowest BCUT2D eigenvalue weighted by atomic mass is 10.1. The van der Waals surface area contributed by atoms with Gasteiger partial charge in [-0.05, 0) is 36.8 Å². The zero-order chi connectivity index (χ0) is 18.7. The number of hydrogen-bond donors (Lipinski definition) is 1. The number of benzene rings is 1. The predicted molar refractivity (Wildman–Crippen MR) is 89.7 cm³/mol. The summed E-state index contributed by atoms with van der Waals surface area (Å²) in [6.45, 7) is 1.81. The molecule has 1 amide bonds. The van der Waals surface area contributed by atoms with Crippen LogP contribution in [0.5, 0.6) is 0 Å². The van der Waals surface area contributed by atoms with E-state index in [-0.39, 0.29) is 17.6 Å². The van der Waals surface area contributed by atoms with Crippen LogP contribution in [0.1, 0.15) is 34.6 Å². The van der Waals surface area contributed by atoms with Crippen molar-refractivity contribution in [1.29, 1.82) is 0 Å². The zero-order valence-electron chi connectivity index (χ0n) is 13.7. The van der Waals surface area contributed by atoms with E-state index in [0.717, 1.165) is 12.1 Å². The zero-order valence-corrected chi connectivity index (χ0v) is 13.7. The minimum Gasteiger partial charge on any atom is -0.318 e. The Morgan fingerprint density at radius 2 is 1.88 bits per heavy atom. The van der Waals surface area contributed by atoms with Gasteiger partial charge in [0.2, 0.25) is 0 Å². The number of nitrogens with zero attached hydrogens (tertiary/aromatic N) is 3. The molecule has 1 N–H and O–H groups in total. The second kappa shape index (κ2) is 6.99. The first-order chi connectivity index (χ1) is 12.3. The highest BCUT2D eigenvalue weighted by Crippen LogP contribution is 2.30. The molecule has 3 rings (SSSR count). The van der Waals surface area contributed by atoms with Gasteiger partial charge in [0.1, 0.15) is 5.69 Å². The van der Waals surface area contributed by atoms with E-state index in [1.807, 2.05) is 0 Å². The number of nitrogens with one attached hydrogen (secondary N) is 1. The van der Waals surface area contributed by atoms with Crippen molar-refractivity contribution in [2.75, 3.05) is 5.32 Å². The Bertz CT molecular complexity index is 889. The standard InChI is InChI=1S/C18H15F3N4O/c1-12(13-5-7-14(8-6-13)18(19,20)21)25-11-15(10-23-25)24-17(26)16-4-2-3-9-22-16/h2-12H,1H3,(H,24,26). The molecule has 0 aliphatic carbocycles. The third kappa shape index (κ3) is 3.90. The van der Waals surface area contributed by atoms with Gasteiger partial charge in [-0.2, -0.15) is 18.3 Å². The van der Waals surface area contributed by atoms with E-state index in [2.05, 4.69) is 15.4 Å². The van der Waals surface area contributed by atoms with Crippen molar-refractivity contribution in [1.82, 2.24) is 14.8 Å². The molecule has 134 valence electrons. The normalized spacial score (nSPS) is 12.6. The lowest BCUT2D eigenvalue weighted by molar-refractivity contribution is -0.137. The van der Waals surface area contributed by atoms with E-state index in [4.69, 9.17) is 0 Å². The van der Waals surface area contributed by atoms with Gasteiger partial charge in [0.25, 0.3) is 5.91 Å². The molecule has 0 bridgehead atoms. The second-order valence-electron chi connectivity index (χ2n) is 5.67. The Hall–Kier alpha value is -3.16. The second-order valence-corrected chi connectivity index (χ2v) is 5.67. The number of pyridine rings is 1. The molecule has 3 aromatic rings. The van der Waals surface area contributed by atoms with E-state index in [9.17, 15) is 18.0 Å². The highest BCUT2D eigenvalue weighted by molar-refractivity contribution is 6.02. The number of amides is 1. The average Bonchev–Trinajstić information content (AvgIpc) is 3.09. The fraction of sp³-hybridized carbons (Fsp3) is 0.167. The van der Waals surface area contributed by atoms with Crippen molar-refractivity contribution < 1.29 is 18.0 Å². The van der Waals surface area contributed by atoms with Gasteiger partial charge in [0.15, 0.2) is 0 Å². The third-order valence-corrected chi connectivity index (χ3v) is 3.87. The lowest BCUT2D eigenvalue weighted by Crippen LogP contribution is -2.13. The number of anilines is 1. The van der Waals surface area contributed by atoms with Crippen molar-refractivity contribution >= 4 is 11.6 Å². The number of alkyl halides is 3. The number of hydrogen-bond acceptors (Lipinski definition) is 3. The van der Waals surface area contributed by atoms with Crippen LogP contribution in [0.4, 0.5) is 18.9 Å². The molecule has 2 heterocycles. The summed E-state index contributed by atoms with van der Waals surface area (Å²) in [6, 6.07) is 9.63. The van der Waals surface area contributed by atoms with Crippen LogP contribution in [0.15, 0.2) is 61.1 Å². The molecule has 2 aromatic heterocycles. The summed E-state index contributed by atoms with van der Waals surface area (Å²) in [6.07, 6.45) is 0.242. The number of rotatable bonds is 4. The summed E-state index contributed by atoms with van der Waals surface area (Å²) >= 11 is 0. The summed E-state index contributed by atoms with van der Waals surface area (Å²) in [5.41, 5.74) is 0.719. The average molecular weight is 360 g/mol. The largest absolute Gasteiger partial charge is 0.416 e. The van der Waals surface area contributed by atoms with Crippen LogP contribution in [-0.4, -0.2) is 20.7 Å². The smallest absolute Gasteiger partial charge is 0.318 e. The van der Waals surface area contributed by atoms with Crippen molar-refractivity contribution in [3.63, 3.8) is 0 Å². The van der Waals surface area contributed by atoms with Gasteiger partial charge in [-0.1, -0.05) is 18.2 Å². The van der Waals surface area contributed by atoms with Crippen LogP contribution >= 0.6 is 0 Å². The Balaban J connectivity index is 1.72. The van der Waals surface area contributed by atoms with Gasteiger partial charge in [0, 0.05) is 12.4 Å². The Morgan fingerprint density at radius 3 is 2.50 bits per heavy atom. The van der Waals surface area contributed by atoms with Gasteiger partial charge in [-0.15, -0.1) is 0 Å². The summed E-state index contributed by atoms with van der Waals surface area (Å²) in [5.74, 6) is -0.368. The predicted octanol–water partition coefficient (Wildman–Crippen LogP) is 4.16. The maximum atomic E-state index is 12.6. The molecule has 0 saturated carbocycles. The monoisotopic (exact) mass is 360 g/mol. The molecule has 0 saturated heterocycles. The minimum absolute atomic E-state index is 0.274. The molecule has 0 fully saturated rings. The molecule has 26 heavy (non-hydrogen) atoms. The highest BCUT2D eigenvalue weighted by atomic mass is 19.4. The quantitative estimate of drug-likeness (QED) is 0.760. The fourth-order valence-electron chi connectivity index (χ4n) is 2.41. The number of carbonyl (C=O) groups is 1. The van der Waals surface area contributed by atoms with Gasteiger partial charge in [-0.3, -0.25) is 14.5 Å². The molecule has 0 aliphatic rings. The maximum absolute atomic E-state index is 12.6. The van der Waals surface area contributed by atoms with E-state index in [1.165, 1.54) is 24.5 Å². The SMILES string of the molecule is CC(c1ccc(C(F)(F)F)cc1)n1cc(NC(=O)c2ccccn2)cn1. The lowest BCUT2D eigenvalue weighted by Gasteiger charge is -2.14. The Labute approximate surface area is 147 Å². The van der Waals surface area contributed by atoms with Crippen molar-refractivity contribution in [3.05, 3.63) is 77.9 Å². The van der Waals surface area contributed by atoms with Gasteiger partial charge >= 0.3 is 6.18 Å². The maximum Gasteiger partial charge on any atom is 0.416 e. The van der Waals surface area contributed by atoms with Gasteiger partial charge < -0.3 is 5.32 Å². The first-order valence-corrected chi connectivity index (χ1v) is 7.78. The summed E-state index contributed by atoms with van der Waals surface area (Å²) in [5, 5.41) is 6.85. The van der Waals surface area contributed by atoms with Crippen LogP contribution in [0.2, 0.25) is 0 Å². The summed E-state index contributed by atoms with van der Waals surface area (Å²) < 4.78 is 39.5. The van der Waals surface area contributed by atoms with Crippen LogP contribution in [0, 0.1) is 0 Å². The summed E-state index contributed by atoms with van der Waals surface area (Å²) in [7, 11) is 0. The third-order valence-electron chi connectivity index (χ3n) is 3.87. The molecule has 1 aromatic carbocycles. The van der Waals surface area contributed by atoms with E-state index >= 15 is 0 Å². The van der Waals surface area contributed by atoms with Crippen LogP contribution in [0.25, 0.3) is 0 Å². The van der Waals surface area contributed by atoms with E-state index in [1.54, 1.807) is 36.0 Å². The molecule has 0 spiro atoms. The van der Waals surface area contributed by atoms with Crippen molar-refractivity contribution in [3.8, 4) is 0 Å². The van der Waals surface area contributed by atoms with Crippen LogP contribution < -0.4 is 5.32 Å².